The van der Waals surface area contributed by atoms with E-state index in [1.807, 2.05) is 61.8 Å². The lowest BCUT2D eigenvalue weighted by molar-refractivity contribution is -0.158. The van der Waals surface area contributed by atoms with E-state index >= 15 is 0 Å². The molecule has 206 valence electrons. The first-order valence-corrected chi connectivity index (χ1v) is 14.3. The Kier molecular flexibility index (Phi) is 8.19. The van der Waals surface area contributed by atoms with Crippen molar-refractivity contribution in [2.75, 3.05) is 32.8 Å². The van der Waals surface area contributed by atoms with E-state index in [1.165, 1.54) is 0 Å². The highest BCUT2D eigenvalue weighted by Crippen LogP contribution is 2.59. The van der Waals surface area contributed by atoms with Gasteiger partial charge in [0, 0.05) is 26.2 Å². The zero-order valence-electron chi connectivity index (χ0n) is 23.2. The first-order chi connectivity index (χ1) is 17.8. The van der Waals surface area contributed by atoms with E-state index in [2.05, 4.69) is 6.92 Å². The quantitative estimate of drug-likeness (QED) is 0.452. The van der Waals surface area contributed by atoms with Crippen LogP contribution in [0.4, 0.5) is 0 Å². The molecule has 3 amide bonds. The number of aliphatic hydroxyl groups is 1. The van der Waals surface area contributed by atoms with Gasteiger partial charge in [-0.25, -0.2) is 0 Å². The van der Waals surface area contributed by atoms with Gasteiger partial charge in [0.25, 0.3) is 0 Å². The van der Waals surface area contributed by atoms with E-state index in [1.54, 1.807) is 4.90 Å². The van der Waals surface area contributed by atoms with E-state index in [-0.39, 0.29) is 30.2 Å². The van der Waals surface area contributed by atoms with E-state index < -0.39 is 35.1 Å². The van der Waals surface area contributed by atoms with Crippen LogP contribution in [-0.2, 0) is 19.1 Å². The molecule has 0 saturated carbocycles. The summed E-state index contributed by atoms with van der Waals surface area (Å²) >= 11 is 0. The summed E-state index contributed by atoms with van der Waals surface area (Å²) in [5, 5.41) is 10.5. The predicted octanol–water partition coefficient (Wildman–Crippen LogP) is 2.76. The number of ether oxygens (including phenoxy) is 1. The average Bonchev–Trinajstić information content (AvgIpc) is 3.19. The Morgan fingerprint density at radius 2 is 1.62 bits per heavy atom. The third-order valence-electron chi connectivity index (χ3n) is 9.16. The van der Waals surface area contributed by atoms with Crippen molar-refractivity contribution in [2.45, 2.75) is 90.0 Å². The molecule has 0 aromatic carbocycles. The van der Waals surface area contributed by atoms with Gasteiger partial charge in [-0.3, -0.25) is 14.4 Å². The fourth-order valence-corrected chi connectivity index (χ4v) is 6.99. The van der Waals surface area contributed by atoms with Crippen molar-refractivity contribution in [1.29, 1.82) is 0 Å². The van der Waals surface area contributed by atoms with Crippen molar-refractivity contribution >= 4 is 17.7 Å². The number of rotatable bonds is 10. The van der Waals surface area contributed by atoms with Crippen LogP contribution in [0, 0.1) is 17.8 Å². The van der Waals surface area contributed by atoms with E-state index in [9.17, 15) is 19.5 Å². The maximum Gasteiger partial charge on any atom is 0.249 e. The molecule has 1 spiro atoms. The minimum absolute atomic E-state index is 0.0220. The first kappa shape index (κ1) is 27.8. The van der Waals surface area contributed by atoms with E-state index in [0.29, 0.717) is 32.6 Å². The van der Waals surface area contributed by atoms with Gasteiger partial charge in [0.15, 0.2) is 0 Å². The summed E-state index contributed by atoms with van der Waals surface area (Å²) < 4.78 is 6.99. The Balaban J connectivity index is 1.90. The largest absolute Gasteiger partial charge is 0.394 e. The molecule has 0 aromatic rings. The average molecular weight is 516 g/mol. The molecule has 4 aliphatic rings. The zero-order valence-corrected chi connectivity index (χ0v) is 23.2. The number of unbranched alkanes of at least 4 members (excludes halogenated alkanes) is 1. The minimum Gasteiger partial charge on any atom is -0.394 e. The number of fused-ring (bicyclic) bond motifs is 2. The molecule has 2 saturated heterocycles. The molecule has 4 aliphatic heterocycles. The number of aliphatic hydroxyl groups excluding tert-OH is 1. The minimum atomic E-state index is -1.26. The van der Waals surface area contributed by atoms with Gasteiger partial charge in [-0.1, -0.05) is 71.8 Å². The molecule has 0 bridgehead atoms. The highest BCUT2D eigenvalue weighted by atomic mass is 16.5. The van der Waals surface area contributed by atoms with Crippen molar-refractivity contribution in [3.05, 3.63) is 24.3 Å². The number of likely N-dealkylation sites (tertiary alicyclic amines) is 1. The number of hydrogen-bond acceptors (Lipinski definition) is 5. The molecule has 7 atom stereocenters. The maximum absolute atomic E-state index is 14.5. The Morgan fingerprint density at radius 3 is 2.22 bits per heavy atom. The molecule has 1 N–H and O–H groups in total. The highest BCUT2D eigenvalue weighted by molar-refractivity contribution is 6.00. The topological polar surface area (TPSA) is 90.4 Å². The second-order valence-corrected chi connectivity index (χ2v) is 11.2. The Hall–Kier alpha value is -2.19. The fourth-order valence-electron chi connectivity index (χ4n) is 6.99. The maximum atomic E-state index is 14.5. The third kappa shape index (κ3) is 4.24. The van der Waals surface area contributed by atoms with Crippen molar-refractivity contribution in [2.24, 2.45) is 17.8 Å². The lowest BCUT2D eigenvalue weighted by atomic mass is 9.73. The lowest BCUT2D eigenvalue weighted by Gasteiger charge is -2.42. The smallest absolute Gasteiger partial charge is 0.249 e. The summed E-state index contributed by atoms with van der Waals surface area (Å²) in [5.74, 6) is -2.05. The number of carbonyl (C=O) groups excluding carboxylic acids is 3. The Morgan fingerprint density at radius 1 is 0.946 bits per heavy atom. The van der Waals surface area contributed by atoms with Gasteiger partial charge in [-0.15, -0.1) is 0 Å². The van der Waals surface area contributed by atoms with Gasteiger partial charge < -0.3 is 24.5 Å². The van der Waals surface area contributed by atoms with Gasteiger partial charge in [0.1, 0.15) is 11.6 Å². The molecule has 8 heteroatoms. The van der Waals surface area contributed by atoms with Crippen molar-refractivity contribution in [1.82, 2.24) is 14.7 Å². The van der Waals surface area contributed by atoms with Crippen molar-refractivity contribution in [3.8, 4) is 0 Å². The molecule has 37 heavy (non-hydrogen) atoms. The first-order valence-electron chi connectivity index (χ1n) is 14.3. The second-order valence-electron chi connectivity index (χ2n) is 11.2. The molecular formula is C29H45N3O5. The Labute approximate surface area is 221 Å². The van der Waals surface area contributed by atoms with Crippen LogP contribution in [0.15, 0.2) is 24.3 Å². The van der Waals surface area contributed by atoms with E-state index in [4.69, 9.17) is 4.74 Å². The van der Waals surface area contributed by atoms with Gasteiger partial charge in [0.2, 0.25) is 17.7 Å². The third-order valence-corrected chi connectivity index (χ3v) is 9.16. The number of hydrogen-bond donors (Lipinski definition) is 1. The van der Waals surface area contributed by atoms with Crippen LogP contribution in [0.5, 0.6) is 0 Å². The van der Waals surface area contributed by atoms with Crippen molar-refractivity contribution in [3.63, 3.8) is 0 Å². The number of amides is 3. The summed E-state index contributed by atoms with van der Waals surface area (Å²) in [4.78, 5) is 48.2. The molecular weight excluding hydrogens is 470 g/mol. The summed E-state index contributed by atoms with van der Waals surface area (Å²) in [5.41, 5.74) is -2.22. The standard InChI is InChI=1S/C29H45N3O5/c1-6-10-16-31-18-12-14-29-23(26(35)32(24(29)27(31)36)21(19-33)20(5)8-3)22-25(34)30(15-7-2)17-11-13-28(22,9-4)37-29/h11-14,20-24,33H,6-10,15-19H2,1-5H3/t20-,21-,22+,23-,24?,28-,29-/m0/s1. The van der Waals surface area contributed by atoms with Crippen LogP contribution < -0.4 is 0 Å². The van der Waals surface area contributed by atoms with Crippen LogP contribution in [-0.4, -0.2) is 93.6 Å². The summed E-state index contributed by atoms with van der Waals surface area (Å²) in [6.07, 6.45) is 11.7. The van der Waals surface area contributed by atoms with Crippen LogP contribution >= 0.6 is 0 Å². The van der Waals surface area contributed by atoms with Crippen LogP contribution in [0.2, 0.25) is 0 Å². The van der Waals surface area contributed by atoms with Gasteiger partial charge in [-0.05, 0) is 25.2 Å². The molecule has 8 nitrogen and oxygen atoms in total. The predicted molar refractivity (Wildman–Crippen MR) is 141 cm³/mol. The SMILES string of the molecule is CCCCN1CC=C[C@]23O[C@@]4(CC)C=CCN(CCC)C(=O)[C@H]4[C@H]2C(=O)N([C@@H](CO)[C@@H](C)CC)C3C1=O. The molecule has 0 aromatic heterocycles. The van der Waals surface area contributed by atoms with Crippen LogP contribution in [0.25, 0.3) is 0 Å². The number of carbonyl (C=O) groups is 3. The summed E-state index contributed by atoms with van der Waals surface area (Å²) in [6.45, 7) is 12.0. The fraction of sp³-hybridized carbons (Fsp3) is 0.759. The van der Waals surface area contributed by atoms with Crippen LogP contribution in [0.1, 0.15) is 66.7 Å². The van der Waals surface area contributed by atoms with Crippen LogP contribution in [0.3, 0.4) is 0 Å². The molecule has 0 radical (unpaired) electrons. The monoisotopic (exact) mass is 515 g/mol. The van der Waals surface area contributed by atoms with Gasteiger partial charge >= 0.3 is 0 Å². The number of nitrogens with zero attached hydrogens (tertiary/aromatic N) is 3. The summed E-state index contributed by atoms with van der Waals surface area (Å²) in [6, 6.07) is -1.45. The molecule has 2 fully saturated rings. The highest BCUT2D eigenvalue weighted by Gasteiger charge is 2.76. The molecule has 1 unspecified atom stereocenters. The lowest BCUT2D eigenvalue weighted by Crippen LogP contribution is -2.60. The molecule has 4 heterocycles. The van der Waals surface area contributed by atoms with E-state index in [0.717, 1.165) is 25.7 Å². The Bertz CT molecular complexity index is 950. The molecule has 0 aliphatic carbocycles. The normalized spacial score (nSPS) is 34.8. The van der Waals surface area contributed by atoms with Gasteiger partial charge in [0.05, 0.1) is 30.1 Å². The zero-order chi connectivity index (χ0) is 27.0. The molecule has 4 rings (SSSR count). The van der Waals surface area contributed by atoms with Gasteiger partial charge in [-0.2, -0.15) is 0 Å². The summed E-state index contributed by atoms with van der Waals surface area (Å²) in [7, 11) is 0. The van der Waals surface area contributed by atoms with Crippen molar-refractivity contribution < 1.29 is 24.2 Å². The second kappa shape index (κ2) is 10.9.